The number of amides is 1. The van der Waals surface area contributed by atoms with Gasteiger partial charge in [-0.05, 0) is 17.9 Å². The fourth-order valence-corrected chi connectivity index (χ4v) is 3.81. The Balaban J connectivity index is 2.36. The number of carbonyl (C=O) groups excluding carboxylic acids is 1. The Morgan fingerprint density at radius 1 is 1.48 bits per heavy atom. The number of hydrogen-bond acceptors (Lipinski definition) is 6. The highest BCUT2D eigenvalue weighted by Gasteiger charge is 2.21. The fourth-order valence-electron chi connectivity index (χ4n) is 1.46. The van der Waals surface area contributed by atoms with Crippen LogP contribution in [0.1, 0.15) is 11.3 Å². The zero-order valence-electron chi connectivity index (χ0n) is 11.4. The van der Waals surface area contributed by atoms with Crippen LogP contribution >= 0.6 is 23.1 Å². The van der Waals surface area contributed by atoms with E-state index in [1.54, 1.807) is 11.3 Å². The van der Waals surface area contributed by atoms with E-state index in [0.717, 1.165) is 11.1 Å². The molecule has 1 rings (SSSR count). The SMILES string of the molecule is CS(=O)(=O)CCC(NC(=O)CSCc1cccs1)C(=O)O. The first-order valence-electron chi connectivity index (χ1n) is 6.08. The van der Waals surface area contributed by atoms with Crippen LogP contribution in [0.5, 0.6) is 0 Å². The zero-order valence-corrected chi connectivity index (χ0v) is 13.9. The zero-order chi connectivity index (χ0) is 15.9. The molecule has 1 unspecified atom stereocenters. The molecule has 0 fully saturated rings. The van der Waals surface area contributed by atoms with Crippen LogP contribution in [0.15, 0.2) is 17.5 Å². The van der Waals surface area contributed by atoms with Crippen molar-refractivity contribution in [2.45, 2.75) is 18.2 Å². The van der Waals surface area contributed by atoms with Gasteiger partial charge in [-0.25, -0.2) is 13.2 Å². The minimum absolute atomic E-state index is 0.129. The van der Waals surface area contributed by atoms with E-state index in [2.05, 4.69) is 5.32 Å². The van der Waals surface area contributed by atoms with E-state index in [-0.39, 0.29) is 17.9 Å². The molecule has 0 saturated heterocycles. The summed E-state index contributed by atoms with van der Waals surface area (Å²) in [6.45, 7) is 0. The molecule has 9 heteroatoms. The maximum Gasteiger partial charge on any atom is 0.326 e. The monoisotopic (exact) mass is 351 g/mol. The van der Waals surface area contributed by atoms with Gasteiger partial charge in [0.2, 0.25) is 5.91 Å². The Hall–Kier alpha value is -1.06. The number of nitrogens with one attached hydrogen (secondary N) is 1. The first-order valence-corrected chi connectivity index (χ1v) is 10.2. The summed E-state index contributed by atoms with van der Waals surface area (Å²) in [6.07, 6.45) is 0.903. The fraction of sp³-hybridized carbons (Fsp3) is 0.500. The third kappa shape index (κ3) is 8.08. The summed E-state index contributed by atoms with van der Waals surface area (Å²) in [6, 6.07) is 2.71. The number of hydrogen-bond donors (Lipinski definition) is 2. The van der Waals surface area contributed by atoms with Crippen molar-refractivity contribution in [1.29, 1.82) is 0 Å². The quantitative estimate of drug-likeness (QED) is 0.688. The second-order valence-electron chi connectivity index (χ2n) is 4.45. The minimum atomic E-state index is -3.25. The average Bonchev–Trinajstić information content (AvgIpc) is 2.86. The van der Waals surface area contributed by atoms with Crippen LogP contribution in [0.3, 0.4) is 0 Å². The van der Waals surface area contributed by atoms with Gasteiger partial charge in [0.05, 0.1) is 11.5 Å². The van der Waals surface area contributed by atoms with Gasteiger partial charge in [0, 0.05) is 16.9 Å². The summed E-state index contributed by atoms with van der Waals surface area (Å²) in [5.74, 6) is -1.08. The molecule has 0 aliphatic carbocycles. The topological polar surface area (TPSA) is 101 Å². The summed E-state index contributed by atoms with van der Waals surface area (Å²) >= 11 is 2.97. The number of sulfone groups is 1. The lowest BCUT2D eigenvalue weighted by atomic mass is 10.2. The van der Waals surface area contributed by atoms with Crippen molar-refractivity contribution in [3.8, 4) is 0 Å². The van der Waals surface area contributed by atoms with Crippen LogP contribution in [-0.2, 0) is 25.2 Å². The van der Waals surface area contributed by atoms with E-state index in [4.69, 9.17) is 5.11 Å². The van der Waals surface area contributed by atoms with Gasteiger partial charge in [0.15, 0.2) is 0 Å². The molecule has 1 heterocycles. The smallest absolute Gasteiger partial charge is 0.326 e. The molecule has 0 radical (unpaired) electrons. The van der Waals surface area contributed by atoms with Crippen molar-refractivity contribution < 1.29 is 23.1 Å². The van der Waals surface area contributed by atoms with Crippen molar-refractivity contribution in [2.24, 2.45) is 0 Å². The molecule has 21 heavy (non-hydrogen) atoms. The van der Waals surface area contributed by atoms with E-state index in [0.29, 0.717) is 5.75 Å². The molecule has 6 nitrogen and oxygen atoms in total. The van der Waals surface area contributed by atoms with E-state index in [1.165, 1.54) is 11.8 Å². The lowest BCUT2D eigenvalue weighted by Crippen LogP contribution is -2.42. The molecule has 0 aromatic carbocycles. The lowest BCUT2D eigenvalue weighted by molar-refractivity contribution is -0.141. The van der Waals surface area contributed by atoms with Crippen molar-refractivity contribution in [1.82, 2.24) is 5.32 Å². The molecule has 1 aromatic heterocycles. The lowest BCUT2D eigenvalue weighted by Gasteiger charge is -2.13. The standard InChI is InChI=1S/C12H17NO5S3/c1-21(17,18)6-4-10(12(15)16)13-11(14)8-19-7-9-3-2-5-20-9/h2-3,5,10H,4,6-8H2,1H3,(H,13,14)(H,15,16). The Morgan fingerprint density at radius 2 is 2.19 bits per heavy atom. The molecule has 1 atom stereocenters. The summed E-state index contributed by atoms with van der Waals surface area (Å²) < 4.78 is 22.1. The minimum Gasteiger partial charge on any atom is -0.480 e. The van der Waals surface area contributed by atoms with Crippen LogP contribution < -0.4 is 5.32 Å². The Labute approximate surface area is 131 Å². The third-order valence-corrected chi connectivity index (χ3v) is 5.49. The molecular weight excluding hydrogens is 334 g/mol. The van der Waals surface area contributed by atoms with Gasteiger partial charge in [0.1, 0.15) is 15.9 Å². The molecule has 0 saturated carbocycles. The molecule has 0 bridgehead atoms. The Bertz CT molecular complexity index is 568. The predicted molar refractivity (Wildman–Crippen MR) is 84.4 cm³/mol. The van der Waals surface area contributed by atoms with Gasteiger partial charge in [-0.3, -0.25) is 4.79 Å². The third-order valence-electron chi connectivity index (χ3n) is 2.47. The molecular formula is C12H17NO5S3. The van der Waals surface area contributed by atoms with Crippen molar-refractivity contribution in [3.63, 3.8) is 0 Å². The van der Waals surface area contributed by atoms with Crippen molar-refractivity contribution in [3.05, 3.63) is 22.4 Å². The first-order chi connectivity index (χ1) is 9.78. The number of carbonyl (C=O) groups is 2. The van der Waals surface area contributed by atoms with Gasteiger partial charge in [-0.2, -0.15) is 0 Å². The number of aliphatic carboxylic acids is 1. The van der Waals surface area contributed by atoms with Crippen LogP contribution in [0.2, 0.25) is 0 Å². The molecule has 2 N–H and O–H groups in total. The second-order valence-corrected chi connectivity index (χ2v) is 8.73. The summed E-state index contributed by atoms with van der Waals surface area (Å²) in [5, 5.41) is 13.3. The maximum atomic E-state index is 11.7. The molecule has 0 aliphatic heterocycles. The highest BCUT2D eigenvalue weighted by atomic mass is 32.2. The van der Waals surface area contributed by atoms with Gasteiger partial charge < -0.3 is 10.4 Å². The van der Waals surface area contributed by atoms with Gasteiger partial charge >= 0.3 is 5.97 Å². The van der Waals surface area contributed by atoms with Crippen LogP contribution in [0.25, 0.3) is 0 Å². The molecule has 118 valence electrons. The normalized spacial score (nSPS) is 12.8. The number of carboxylic acids is 1. The van der Waals surface area contributed by atoms with Crippen molar-refractivity contribution in [2.75, 3.05) is 17.8 Å². The highest BCUT2D eigenvalue weighted by molar-refractivity contribution is 7.99. The molecule has 0 spiro atoms. The van der Waals surface area contributed by atoms with Gasteiger partial charge in [-0.1, -0.05) is 6.07 Å². The molecule has 1 amide bonds. The van der Waals surface area contributed by atoms with Crippen LogP contribution in [-0.4, -0.2) is 49.2 Å². The van der Waals surface area contributed by atoms with Gasteiger partial charge in [-0.15, -0.1) is 23.1 Å². The number of thiophene rings is 1. The summed E-state index contributed by atoms with van der Waals surface area (Å²) in [7, 11) is -3.25. The number of rotatable bonds is 9. The van der Waals surface area contributed by atoms with E-state index in [1.807, 2.05) is 17.5 Å². The van der Waals surface area contributed by atoms with E-state index in [9.17, 15) is 18.0 Å². The first kappa shape index (κ1) is 18.0. The molecule has 0 aliphatic rings. The maximum absolute atomic E-state index is 11.7. The van der Waals surface area contributed by atoms with Crippen molar-refractivity contribution >= 4 is 44.8 Å². The summed E-state index contributed by atoms with van der Waals surface area (Å²) in [5.41, 5.74) is 0. The predicted octanol–water partition coefficient (Wildman–Crippen LogP) is 0.985. The van der Waals surface area contributed by atoms with Crippen LogP contribution in [0, 0.1) is 0 Å². The largest absolute Gasteiger partial charge is 0.480 e. The number of carboxylic acid groups (broad SMARTS) is 1. The highest BCUT2D eigenvalue weighted by Crippen LogP contribution is 2.16. The Morgan fingerprint density at radius 3 is 2.71 bits per heavy atom. The second kappa shape index (κ2) is 8.40. The Kier molecular flexibility index (Phi) is 7.20. The molecule has 1 aromatic rings. The van der Waals surface area contributed by atoms with Crippen LogP contribution in [0.4, 0.5) is 0 Å². The van der Waals surface area contributed by atoms with E-state index >= 15 is 0 Å². The summed E-state index contributed by atoms with van der Waals surface area (Å²) in [4.78, 5) is 23.8. The van der Waals surface area contributed by atoms with E-state index < -0.39 is 27.8 Å². The van der Waals surface area contributed by atoms with Gasteiger partial charge in [0.25, 0.3) is 0 Å². The number of thioether (sulfide) groups is 1. The average molecular weight is 351 g/mol.